The number of carboxylic acid groups (broad SMARTS) is 1. The van der Waals surface area contributed by atoms with Crippen molar-refractivity contribution in [1.29, 1.82) is 0 Å². The highest BCUT2D eigenvalue weighted by molar-refractivity contribution is 9.10. The maximum atomic E-state index is 11.2. The van der Waals surface area contributed by atoms with Gasteiger partial charge in [-0.1, -0.05) is 0 Å². The first-order chi connectivity index (χ1) is 9.47. The fraction of sp³-hybridized carbons (Fsp3) is 0.385. The van der Waals surface area contributed by atoms with Gasteiger partial charge in [-0.05, 0) is 33.6 Å². The van der Waals surface area contributed by atoms with Gasteiger partial charge in [0.1, 0.15) is 13.2 Å². The Kier molecular flexibility index (Phi) is 4.49. The van der Waals surface area contributed by atoms with Crippen LogP contribution < -0.4 is 14.8 Å². The molecule has 7 heteroatoms. The first kappa shape index (κ1) is 14.6. The summed E-state index contributed by atoms with van der Waals surface area (Å²) in [7, 11) is 0. The van der Waals surface area contributed by atoms with Crippen molar-refractivity contribution in [2.75, 3.05) is 13.2 Å². The summed E-state index contributed by atoms with van der Waals surface area (Å²) in [5.74, 6) is -0.143. The van der Waals surface area contributed by atoms with Crippen LogP contribution in [0, 0.1) is 0 Å². The normalized spacial score (nSPS) is 14.5. The lowest BCUT2D eigenvalue weighted by molar-refractivity contribution is -0.137. The first-order valence-corrected chi connectivity index (χ1v) is 6.84. The summed E-state index contributed by atoms with van der Waals surface area (Å²) in [4.78, 5) is 22.1. The number of rotatable bonds is 4. The maximum Gasteiger partial charge on any atom is 0.305 e. The van der Waals surface area contributed by atoms with Gasteiger partial charge >= 0.3 is 5.97 Å². The molecule has 1 aliphatic rings. The van der Waals surface area contributed by atoms with Gasteiger partial charge in [-0.25, -0.2) is 0 Å². The lowest BCUT2D eigenvalue weighted by Gasteiger charge is -2.23. The summed E-state index contributed by atoms with van der Waals surface area (Å²) in [6.45, 7) is 2.25. The summed E-state index contributed by atoms with van der Waals surface area (Å²) < 4.78 is 11.6. The van der Waals surface area contributed by atoms with Crippen molar-refractivity contribution in [3.05, 3.63) is 22.2 Å². The maximum absolute atomic E-state index is 11.2. The van der Waals surface area contributed by atoms with E-state index >= 15 is 0 Å². The summed E-state index contributed by atoms with van der Waals surface area (Å²) in [5.41, 5.74) is 0.652. The molecule has 1 atom stereocenters. The zero-order valence-corrected chi connectivity index (χ0v) is 12.4. The largest absolute Gasteiger partial charge is 0.486 e. The molecule has 20 heavy (non-hydrogen) atoms. The Hall–Kier alpha value is -1.76. The number of hydrogen-bond donors (Lipinski definition) is 2. The van der Waals surface area contributed by atoms with Crippen LogP contribution in [0.25, 0.3) is 0 Å². The number of carbonyl (C=O) groups excluding carboxylic acids is 1. The lowest BCUT2D eigenvalue weighted by Crippen LogP contribution is -2.28. The zero-order valence-electron chi connectivity index (χ0n) is 10.8. The molecule has 0 radical (unpaired) electrons. The Morgan fingerprint density at radius 2 is 2.10 bits per heavy atom. The number of amides is 1. The highest BCUT2D eigenvalue weighted by Crippen LogP contribution is 2.40. The van der Waals surface area contributed by atoms with E-state index < -0.39 is 12.0 Å². The van der Waals surface area contributed by atoms with E-state index in [-0.39, 0.29) is 12.3 Å². The number of carboxylic acids is 1. The van der Waals surface area contributed by atoms with Crippen LogP contribution in [-0.2, 0) is 9.59 Å². The molecule has 0 fully saturated rings. The molecule has 2 rings (SSSR count). The minimum atomic E-state index is -0.991. The molecule has 0 aliphatic carbocycles. The van der Waals surface area contributed by atoms with Crippen molar-refractivity contribution >= 4 is 27.8 Å². The van der Waals surface area contributed by atoms with E-state index in [1.807, 2.05) is 0 Å². The van der Waals surface area contributed by atoms with Gasteiger partial charge in [-0.3, -0.25) is 9.59 Å². The molecule has 0 unspecified atom stereocenters. The number of benzene rings is 1. The minimum absolute atomic E-state index is 0.203. The fourth-order valence-electron chi connectivity index (χ4n) is 2.00. The third-order valence-corrected chi connectivity index (χ3v) is 3.37. The quantitative estimate of drug-likeness (QED) is 0.871. The third kappa shape index (κ3) is 3.41. The van der Waals surface area contributed by atoms with Crippen molar-refractivity contribution in [2.24, 2.45) is 0 Å². The number of fused-ring (bicyclic) bond motifs is 1. The molecule has 1 aromatic rings. The summed E-state index contributed by atoms with van der Waals surface area (Å²) >= 11 is 3.37. The summed E-state index contributed by atoms with van der Waals surface area (Å²) in [6.07, 6.45) is -0.203. The number of carbonyl (C=O) groups is 2. The Labute approximate surface area is 124 Å². The Balaban J connectivity index is 2.34. The van der Waals surface area contributed by atoms with Crippen molar-refractivity contribution in [3.63, 3.8) is 0 Å². The van der Waals surface area contributed by atoms with Gasteiger partial charge in [0.2, 0.25) is 5.91 Å². The Morgan fingerprint density at radius 3 is 2.75 bits per heavy atom. The van der Waals surface area contributed by atoms with Crippen LogP contribution in [0.5, 0.6) is 11.5 Å². The lowest BCUT2D eigenvalue weighted by atomic mass is 10.0. The molecule has 6 nitrogen and oxygen atoms in total. The third-order valence-electron chi connectivity index (χ3n) is 2.78. The van der Waals surface area contributed by atoms with Crippen molar-refractivity contribution in [3.8, 4) is 11.5 Å². The van der Waals surface area contributed by atoms with Gasteiger partial charge in [0.25, 0.3) is 0 Å². The van der Waals surface area contributed by atoms with Crippen molar-refractivity contribution in [2.45, 2.75) is 19.4 Å². The van der Waals surface area contributed by atoms with E-state index in [4.69, 9.17) is 14.6 Å². The van der Waals surface area contributed by atoms with Gasteiger partial charge in [-0.15, -0.1) is 0 Å². The monoisotopic (exact) mass is 343 g/mol. The van der Waals surface area contributed by atoms with E-state index in [2.05, 4.69) is 21.2 Å². The number of halogens is 1. The van der Waals surface area contributed by atoms with Crippen LogP contribution in [-0.4, -0.2) is 30.2 Å². The van der Waals surface area contributed by atoms with Gasteiger partial charge < -0.3 is 19.9 Å². The highest BCUT2D eigenvalue weighted by Gasteiger charge is 2.22. The van der Waals surface area contributed by atoms with Crippen molar-refractivity contribution in [1.82, 2.24) is 5.32 Å². The van der Waals surface area contributed by atoms with Crippen LogP contribution >= 0.6 is 15.9 Å². The minimum Gasteiger partial charge on any atom is -0.486 e. The first-order valence-electron chi connectivity index (χ1n) is 6.05. The van der Waals surface area contributed by atoms with Crippen LogP contribution in [0.15, 0.2) is 16.6 Å². The summed E-state index contributed by atoms with van der Waals surface area (Å²) in [5, 5.41) is 11.6. The SMILES string of the molecule is CC(=O)N[C@@H](CC(=O)O)c1cc(Br)c2c(c1)OCCO2. The standard InChI is InChI=1S/C13H14BrNO5/c1-7(16)15-10(6-12(17)18)8-4-9(14)13-11(5-8)19-2-3-20-13/h4-5,10H,2-3,6H2,1H3,(H,15,16)(H,17,18)/t10-/m0/s1. The van der Waals surface area contributed by atoms with Crippen LogP contribution in [0.2, 0.25) is 0 Å². The molecule has 1 heterocycles. The number of ether oxygens (including phenoxy) is 2. The van der Waals surface area contributed by atoms with Crippen LogP contribution in [0.3, 0.4) is 0 Å². The predicted octanol–water partition coefficient (Wildman–Crippen LogP) is 1.87. The average Bonchev–Trinajstić information content (AvgIpc) is 2.37. The average molecular weight is 344 g/mol. The zero-order chi connectivity index (χ0) is 14.7. The molecule has 0 spiro atoms. The Bertz CT molecular complexity index is 530. The van der Waals surface area contributed by atoms with E-state index in [0.29, 0.717) is 34.7 Å². The van der Waals surface area contributed by atoms with E-state index in [0.717, 1.165) is 0 Å². The van der Waals surface area contributed by atoms with Gasteiger partial charge in [-0.2, -0.15) is 0 Å². The molecular formula is C13H14BrNO5. The topological polar surface area (TPSA) is 84.9 Å². The second-order valence-corrected chi connectivity index (χ2v) is 5.23. The fourth-order valence-corrected chi connectivity index (χ4v) is 2.58. The molecule has 0 bridgehead atoms. The predicted molar refractivity (Wildman–Crippen MR) is 73.9 cm³/mol. The Morgan fingerprint density at radius 1 is 1.40 bits per heavy atom. The summed E-state index contributed by atoms with van der Waals surface area (Å²) in [6, 6.07) is 2.82. The number of hydrogen-bond acceptors (Lipinski definition) is 4. The van der Waals surface area contributed by atoms with Crippen LogP contribution in [0.4, 0.5) is 0 Å². The molecule has 2 N–H and O–H groups in total. The van der Waals surface area contributed by atoms with E-state index in [1.54, 1.807) is 12.1 Å². The molecule has 1 amide bonds. The van der Waals surface area contributed by atoms with Gasteiger partial charge in [0, 0.05) is 6.92 Å². The van der Waals surface area contributed by atoms with E-state index in [1.165, 1.54) is 6.92 Å². The van der Waals surface area contributed by atoms with Gasteiger partial charge in [0.05, 0.1) is 16.9 Å². The molecule has 1 aliphatic heterocycles. The van der Waals surface area contributed by atoms with E-state index in [9.17, 15) is 9.59 Å². The van der Waals surface area contributed by atoms with Gasteiger partial charge in [0.15, 0.2) is 11.5 Å². The molecule has 0 aromatic heterocycles. The molecule has 0 saturated carbocycles. The number of nitrogens with one attached hydrogen (secondary N) is 1. The highest BCUT2D eigenvalue weighted by atomic mass is 79.9. The molecular weight excluding hydrogens is 330 g/mol. The second-order valence-electron chi connectivity index (χ2n) is 4.38. The smallest absolute Gasteiger partial charge is 0.305 e. The number of aliphatic carboxylic acids is 1. The second kappa shape index (κ2) is 6.13. The molecule has 108 valence electrons. The van der Waals surface area contributed by atoms with Crippen molar-refractivity contribution < 1.29 is 24.2 Å². The molecule has 0 saturated heterocycles. The molecule has 1 aromatic carbocycles. The van der Waals surface area contributed by atoms with Crippen LogP contribution in [0.1, 0.15) is 24.9 Å².